The highest BCUT2D eigenvalue weighted by molar-refractivity contribution is 6.06. The molecular weight excluding hydrogens is 408 g/mol. The number of allylic oxidation sites excluding steroid dienone is 1. The molecule has 5 rings (SSSR count). The number of hydrogen-bond donors (Lipinski definition) is 1. The Morgan fingerprint density at radius 3 is 2.33 bits per heavy atom. The quantitative estimate of drug-likeness (QED) is 0.524. The maximum Gasteiger partial charge on any atom is 0.227 e. The van der Waals surface area contributed by atoms with Crippen LogP contribution in [-0.2, 0) is 9.59 Å². The van der Waals surface area contributed by atoms with E-state index in [1.165, 1.54) is 5.56 Å². The Kier molecular flexibility index (Phi) is 5.59. The van der Waals surface area contributed by atoms with Crippen molar-refractivity contribution in [2.24, 2.45) is 0 Å². The second-order valence-corrected chi connectivity index (χ2v) is 8.90. The second kappa shape index (κ2) is 8.70. The maximum absolute atomic E-state index is 13.8. The molecular formula is C29H28N2O2. The third-order valence-electron chi connectivity index (χ3n) is 6.72. The van der Waals surface area contributed by atoms with Gasteiger partial charge in [-0.1, -0.05) is 79.2 Å². The van der Waals surface area contributed by atoms with Crippen molar-refractivity contribution in [2.45, 2.75) is 45.1 Å². The summed E-state index contributed by atoms with van der Waals surface area (Å²) < 4.78 is 0. The van der Waals surface area contributed by atoms with Crippen molar-refractivity contribution in [3.8, 4) is 0 Å². The SMILES string of the molecule is CCC(=O)N1c2ccccc2NC2=C(C(=O)C[C@@H](c3ccccc3)C2)[C@@H]1c1ccc(C)cc1. The van der Waals surface area contributed by atoms with E-state index >= 15 is 0 Å². The number of carbonyl (C=O) groups excluding carboxylic acids is 2. The summed E-state index contributed by atoms with van der Waals surface area (Å²) in [6, 6.07) is 25.9. The molecule has 1 N–H and O–H groups in total. The molecule has 4 heteroatoms. The number of anilines is 2. The Bertz CT molecular complexity index is 1230. The van der Waals surface area contributed by atoms with E-state index in [1.807, 2.05) is 73.3 Å². The molecule has 4 nitrogen and oxygen atoms in total. The first kappa shape index (κ1) is 21.2. The molecule has 2 aliphatic rings. The number of hydrogen-bond acceptors (Lipinski definition) is 3. The van der Waals surface area contributed by atoms with Crippen LogP contribution in [0.25, 0.3) is 0 Å². The van der Waals surface area contributed by atoms with Crippen LogP contribution in [0.1, 0.15) is 54.8 Å². The Balaban J connectivity index is 1.71. The van der Waals surface area contributed by atoms with Crippen LogP contribution in [0.15, 0.2) is 90.1 Å². The van der Waals surface area contributed by atoms with Crippen LogP contribution >= 0.6 is 0 Å². The van der Waals surface area contributed by atoms with Crippen LogP contribution in [0.2, 0.25) is 0 Å². The van der Waals surface area contributed by atoms with Crippen molar-refractivity contribution in [1.82, 2.24) is 0 Å². The lowest BCUT2D eigenvalue weighted by molar-refractivity contribution is -0.119. The van der Waals surface area contributed by atoms with E-state index in [9.17, 15) is 9.59 Å². The third kappa shape index (κ3) is 3.86. The number of fused-ring (bicyclic) bond motifs is 1. The van der Waals surface area contributed by atoms with Crippen molar-refractivity contribution < 1.29 is 9.59 Å². The number of rotatable bonds is 3. The summed E-state index contributed by atoms with van der Waals surface area (Å²) >= 11 is 0. The molecule has 1 amide bonds. The molecule has 3 aromatic carbocycles. The summed E-state index contributed by atoms with van der Waals surface area (Å²) in [7, 11) is 0. The smallest absolute Gasteiger partial charge is 0.227 e. The van der Waals surface area contributed by atoms with Gasteiger partial charge in [0.15, 0.2) is 5.78 Å². The van der Waals surface area contributed by atoms with Gasteiger partial charge in [-0.05, 0) is 42.5 Å². The van der Waals surface area contributed by atoms with Crippen LogP contribution in [0.5, 0.6) is 0 Å². The topological polar surface area (TPSA) is 49.4 Å². The predicted octanol–water partition coefficient (Wildman–Crippen LogP) is 6.31. The van der Waals surface area contributed by atoms with Gasteiger partial charge < -0.3 is 5.32 Å². The average Bonchev–Trinajstić information content (AvgIpc) is 2.99. The lowest BCUT2D eigenvalue weighted by Crippen LogP contribution is -2.38. The zero-order valence-corrected chi connectivity index (χ0v) is 19.0. The van der Waals surface area contributed by atoms with E-state index in [2.05, 4.69) is 29.6 Å². The fourth-order valence-electron chi connectivity index (χ4n) is 5.06. The van der Waals surface area contributed by atoms with Crippen LogP contribution in [-0.4, -0.2) is 11.7 Å². The molecule has 0 bridgehead atoms. The molecule has 1 heterocycles. The number of aryl methyl sites for hydroxylation is 1. The third-order valence-corrected chi connectivity index (χ3v) is 6.72. The van der Waals surface area contributed by atoms with Gasteiger partial charge >= 0.3 is 0 Å². The molecule has 0 aromatic heterocycles. The van der Waals surface area contributed by atoms with E-state index in [0.29, 0.717) is 18.4 Å². The number of amides is 1. The first-order chi connectivity index (χ1) is 16.1. The zero-order chi connectivity index (χ0) is 22.9. The number of carbonyl (C=O) groups is 2. The molecule has 1 aliphatic carbocycles. The largest absolute Gasteiger partial charge is 0.357 e. The summed E-state index contributed by atoms with van der Waals surface area (Å²) in [5.74, 6) is 0.218. The van der Waals surface area contributed by atoms with Gasteiger partial charge in [0.2, 0.25) is 5.91 Å². The number of nitrogens with one attached hydrogen (secondary N) is 1. The fraction of sp³-hybridized carbons (Fsp3) is 0.241. The molecule has 0 spiro atoms. The van der Waals surface area contributed by atoms with Crippen LogP contribution in [0.4, 0.5) is 11.4 Å². The van der Waals surface area contributed by atoms with Gasteiger partial charge in [-0.3, -0.25) is 14.5 Å². The van der Waals surface area contributed by atoms with Crippen LogP contribution in [0.3, 0.4) is 0 Å². The van der Waals surface area contributed by atoms with Crippen molar-refractivity contribution in [2.75, 3.05) is 10.2 Å². The van der Waals surface area contributed by atoms with Gasteiger partial charge in [0.25, 0.3) is 0 Å². The van der Waals surface area contributed by atoms with Crippen LogP contribution < -0.4 is 10.2 Å². The highest BCUT2D eigenvalue weighted by atomic mass is 16.2. The highest BCUT2D eigenvalue weighted by Crippen LogP contribution is 2.47. The molecule has 166 valence electrons. The van der Waals surface area contributed by atoms with Gasteiger partial charge in [0, 0.05) is 24.1 Å². The Morgan fingerprint density at radius 2 is 1.61 bits per heavy atom. The predicted molar refractivity (Wildman–Crippen MR) is 132 cm³/mol. The standard InChI is InChI=1S/C29H28N2O2/c1-3-27(33)31-25-12-8-7-11-23(25)30-24-17-22(20-9-5-4-6-10-20)18-26(32)28(24)29(31)21-15-13-19(2)14-16-21/h4-16,22,29-30H,3,17-18H2,1-2H3/t22-,29-/m0/s1. The average molecular weight is 437 g/mol. The Labute approximate surface area is 194 Å². The number of para-hydroxylation sites is 2. The molecule has 0 radical (unpaired) electrons. The van der Waals surface area contributed by atoms with E-state index in [0.717, 1.165) is 34.6 Å². The number of benzene rings is 3. The van der Waals surface area contributed by atoms with E-state index in [1.54, 1.807) is 0 Å². The lowest BCUT2D eigenvalue weighted by Gasteiger charge is -2.35. The van der Waals surface area contributed by atoms with Gasteiger partial charge in [-0.2, -0.15) is 0 Å². The Morgan fingerprint density at radius 1 is 0.909 bits per heavy atom. The highest BCUT2D eigenvalue weighted by Gasteiger charge is 2.41. The van der Waals surface area contributed by atoms with Crippen molar-refractivity contribution in [3.63, 3.8) is 0 Å². The Hall–Kier alpha value is -3.66. The molecule has 0 saturated heterocycles. The van der Waals surface area contributed by atoms with E-state index in [4.69, 9.17) is 0 Å². The minimum Gasteiger partial charge on any atom is -0.357 e. The molecule has 3 aromatic rings. The lowest BCUT2D eigenvalue weighted by atomic mass is 9.78. The molecule has 0 saturated carbocycles. The summed E-state index contributed by atoms with van der Waals surface area (Å²) in [6.45, 7) is 3.92. The summed E-state index contributed by atoms with van der Waals surface area (Å²) in [5.41, 5.74) is 6.59. The normalized spacial score (nSPS) is 19.9. The van der Waals surface area contributed by atoms with Crippen LogP contribution in [0, 0.1) is 6.92 Å². The van der Waals surface area contributed by atoms with Gasteiger partial charge in [-0.15, -0.1) is 0 Å². The van der Waals surface area contributed by atoms with Gasteiger partial charge in [-0.25, -0.2) is 0 Å². The van der Waals surface area contributed by atoms with Crippen molar-refractivity contribution in [1.29, 1.82) is 0 Å². The summed E-state index contributed by atoms with van der Waals surface area (Å²) in [6.07, 6.45) is 1.54. The molecule has 0 unspecified atom stereocenters. The minimum absolute atomic E-state index is 0.00144. The molecule has 0 fully saturated rings. The second-order valence-electron chi connectivity index (χ2n) is 8.90. The van der Waals surface area contributed by atoms with Crippen molar-refractivity contribution in [3.05, 3.63) is 107 Å². The summed E-state index contributed by atoms with van der Waals surface area (Å²) in [5, 5.41) is 3.58. The minimum atomic E-state index is -0.451. The van der Waals surface area contributed by atoms with Crippen molar-refractivity contribution >= 4 is 23.1 Å². The zero-order valence-electron chi connectivity index (χ0n) is 19.0. The first-order valence-corrected chi connectivity index (χ1v) is 11.6. The maximum atomic E-state index is 13.8. The molecule has 33 heavy (non-hydrogen) atoms. The number of Topliss-reactive ketones (excluding diaryl/α,β-unsaturated/α-hetero) is 1. The van der Waals surface area contributed by atoms with Gasteiger partial charge in [0.1, 0.15) is 0 Å². The fourth-order valence-corrected chi connectivity index (χ4v) is 5.06. The van der Waals surface area contributed by atoms with E-state index in [-0.39, 0.29) is 17.6 Å². The monoisotopic (exact) mass is 436 g/mol. The van der Waals surface area contributed by atoms with E-state index < -0.39 is 6.04 Å². The molecule has 2 atom stereocenters. The first-order valence-electron chi connectivity index (χ1n) is 11.6. The van der Waals surface area contributed by atoms with Gasteiger partial charge in [0.05, 0.1) is 17.4 Å². The number of ketones is 1. The number of nitrogens with zero attached hydrogens (tertiary/aromatic N) is 1. The summed E-state index contributed by atoms with van der Waals surface area (Å²) in [4.78, 5) is 29.0. The molecule has 1 aliphatic heterocycles.